The Morgan fingerprint density at radius 2 is 2.00 bits per heavy atom. The SMILES string of the molecule is CCCNC(Cc1ccc(Br)cc1)CC1CC1. The fraction of sp³-hybridized carbons (Fsp3) is 0.600. The highest BCUT2D eigenvalue weighted by Crippen LogP contribution is 2.34. The summed E-state index contributed by atoms with van der Waals surface area (Å²) in [4.78, 5) is 0. The fourth-order valence-electron chi connectivity index (χ4n) is 2.25. The second kappa shape index (κ2) is 6.55. The van der Waals surface area contributed by atoms with E-state index >= 15 is 0 Å². The van der Waals surface area contributed by atoms with Crippen molar-refractivity contribution < 1.29 is 0 Å². The molecule has 94 valence electrons. The lowest BCUT2D eigenvalue weighted by atomic mass is 10.0. The zero-order chi connectivity index (χ0) is 12.1. The van der Waals surface area contributed by atoms with Crippen molar-refractivity contribution in [1.29, 1.82) is 0 Å². The number of nitrogens with one attached hydrogen (secondary N) is 1. The molecule has 0 aliphatic heterocycles. The zero-order valence-corrected chi connectivity index (χ0v) is 12.2. The van der Waals surface area contributed by atoms with Crippen molar-refractivity contribution in [3.05, 3.63) is 34.3 Å². The molecular formula is C15H22BrN. The van der Waals surface area contributed by atoms with E-state index in [1.807, 2.05) is 0 Å². The quantitative estimate of drug-likeness (QED) is 0.796. The first kappa shape index (κ1) is 13.1. The molecule has 1 aliphatic carbocycles. The van der Waals surface area contributed by atoms with Gasteiger partial charge in [-0.3, -0.25) is 0 Å². The van der Waals surface area contributed by atoms with Gasteiger partial charge in [0, 0.05) is 10.5 Å². The van der Waals surface area contributed by atoms with Crippen molar-refractivity contribution in [3.8, 4) is 0 Å². The Labute approximate surface area is 113 Å². The van der Waals surface area contributed by atoms with Crippen molar-refractivity contribution >= 4 is 15.9 Å². The number of hydrogen-bond donors (Lipinski definition) is 1. The highest BCUT2D eigenvalue weighted by molar-refractivity contribution is 9.10. The molecule has 1 aliphatic rings. The van der Waals surface area contributed by atoms with Crippen LogP contribution in [0.15, 0.2) is 28.7 Å². The zero-order valence-electron chi connectivity index (χ0n) is 10.6. The molecule has 1 saturated carbocycles. The number of rotatable bonds is 7. The smallest absolute Gasteiger partial charge is 0.0175 e. The molecule has 0 radical (unpaired) electrons. The van der Waals surface area contributed by atoms with Gasteiger partial charge in [0.2, 0.25) is 0 Å². The molecule has 1 aromatic rings. The molecule has 0 amide bonds. The van der Waals surface area contributed by atoms with Gasteiger partial charge in [-0.2, -0.15) is 0 Å². The molecule has 0 bridgehead atoms. The first-order valence-electron chi connectivity index (χ1n) is 6.75. The Bertz CT molecular complexity index is 329. The Hall–Kier alpha value is -0.340. The van der Waals surface area contributed by atoms with Crippen molar-refractivity contribution in [1.82, 2.24) is 5.32 Å². The lowest BCUT2D eigenvalue weighted by molar-refractivity contribution is 0.455. The van der Waals surface area contributed by atoms with Crippen LogP contribution < -0.4 is 5.32 Å². The van der Waals surface area contributed by atoms with E-state index in [-0.39, 0.29) is 0 Å². The van der Waals surface area contributed by atoms with E-state index in [0.29, 0.717) is 6.04 Å². The summed E-state index contributed by atoms with van der Waals surface area (Å²) in [5.74, 6) is 1.000. The summed E-state index contributed by atoms with van der Waals surface area (Å²) in [5, 5.41) is 3.69. The molecular weight excluding hydrogens is 274 g/mol. The van der Waals surface area contributed by atoms with Gasteiger partial charge in [0.05, 0.1) is 0 Å². The molecule has 1 nitrogen and oxygen atoms in total. The number of benzene rings is 1. The van der Waals surface area contributed by atoms with Crippen LogP contribution in [0.1, 0.15) is 38.2 Å². The predicted octanol–water partition coefficient (Wildman–Crippen LogP) is 4.16. The fourth-order valence-corrected chi connectivity index (χ4v) is 2.51. The van der Waals surface area contributed by atoms with Crippen LogP contribution in [0, 0.1) is 5.92 Å². The summed E-state index contributed by atoms with van der Waals surface area (Å²) < 4.78 is 1.17. The molecule has 0 heterocycles. The van der Waals surface area contributed by atoms with Crippen molar-refractivity contribution in [2.75, 3.05) is 6.54 Å². The van der Waals surface area contributed by atoms with Crippen LogP contribution >= 0.6 is 15.9 Å². The van der Waals surface area contributed by atoms with Crippen LogP contribution in [0.2, 0.25) is 0 Å². The molecule has 0 aromatic heterocycles. The monoisotopic (exact) mass is 295 g/mol. The molecule has 0 saturated heterocycles. The van der Waals surface area contributed by atoms with Gasteiger partial charge in [0.25, 0.3) is 0 Å². The molecule has 17 heavy (non-hydrogen) atoms. The number of hydrogen-bond acceptors (Lipinski definition) is 1. The normalized spacial score (nSPS) is 17.1. The van der Waals surface area contributed by atoms with Crippen LogP contribution in [-0.2, 0) is 6.42 Å². The van der Waals surface area contributed by atoms with E-state index in [1.54, 1.807) is 0 Å². The maximum absolute atomic E-state index is 3.69. The second-order valence-corrected chi connectivity index (χ2v) is 6.08. The van der Waals surface area contributed by atoms with E-state index < -0.39 is 0 Å². The van der Waals surface area contributed by atoms with Crippen molar-refractivity contribution in [2.24, 2.45) is 5.92 Å². The number of halogens is 1. The molecule has 1 aromatic carbocycles. The first-order valence-corrected chi connectivity index (χ1v) is 7.55. The molecule has 1 unspecified atom stereocenters. The van der Waals surface area contributed by atoms with Gasteiger partial charge in [-0.05, 0) is 49.4 Å². The van der Waals surface area contributed by atoms with E-state index in [4.69, 9.17) is 0 Å². The minimum Gasteiger partial charge on any atom is -0.314 e. The van der Waals surface area contributed by atoms with Gasteiger partial charge in [-0.25, -0.2) is 0 Å². The van der Waals surface area contributed by atoms with E-state index in [2.05, 4.69) is 52.4 Å². The summed E-state index contributed by atoms with van der Waals surface area (Å²) in [6.07, 6.45) is 6.65. The average Bonchev–Trinajstić information content (AvgIpc) is 3.13. The van der Waals surface area contributed by atoms with Gasteiger partial charge in [0.15, 0.2) is 0 Å². The summed E-state index contributed by atoms with van der Waals surface area (Å²) in [6, 6.07) is 9.42. The molecule has 0 spiro atoms. The Balaban J connectivity index is 1.87. The van der Waals surface area contributed by atoms with Gasteiger partial charge >= 0.3 is 0 Å². The van der Waals surface area contributed by atoms with Gasteiger partial charge in [-0.1, -0.05) is 47.8 Å². The molecule has 1 fully saturated rings. The minimum absolute atomic E-state index is 0.670. The maximum atomic E-state index is 3.69. The largest absolute Gasteiger partial charge is 0.314 e. The molecule has 1 N–H and O–H groups in total. The van der Waals surface area contributed by atoms with Crippen LogP contribution in [0.5, 0.6) is 0 Å². The van der Waals surface area contributed by atoms with Gasteiger partial charge in [-0.15, -0.1) is 0 Å². The lowest BCUT2D eigenvalue weighted by Gasteiger charge is -2.18. The van der Waals surface area contributed by atoms with E-state index in [0.717, 1.165) is 12.5 Å². The third-order valence-electron chi connectivity index (χ3n) is 3.39. The Morgan fingerprint density at radius 1 is 1.29 bits per heavy atom. The average molecular weight is 296 g/mol. The van der Waals surface area contributed by atoms with Crippen LogP contribution in [0.3, 0.4) is 0 Å². The third-order valence-corrected chi connectivity index (χ3v) is 3.92. The summed E-state index contributed by atoms with van der Waals surface area (Å²) in [5.41, 5.74) is 1.45. The maximum Gasteiger partial charge on any atom is 0.0175 e. The summed E-state index contributed by atoms with van der Waals surface area (Å²) >= 11 is 3.49. The topological polar surface area (TPSA) is 12.0 Å². The van der Waals surface area contributed by atoms with Crippen molar-refractivity contribution in [2.45, 2.75) is 45.1 Å². The third kappa shape index (κ3) is 4.81. The highest BCUT2D eigenvalue weighted by atomic mass is 79.9. The lowest BCUT2D eigenvalue weighted by Crippen LogP contribution is -2.32. The van der Waals surface area contributed by atoms with Gasteiger partial charge in [0.1, 0.15) is 0 Å². The van der Waals surface area contributed by atoms with Crippen LogP contribution in [0.25, 0.3) is 0 Å². The summed E-state index contributed by atoms with van der Waals surface area (Å²) in [6.45, 7) is 3.38. The minimum atomic E-state index is 0.670. The summed E-state index contributed by atoms with van der Waals surface area (Å²) in [7, 11) is 0. The predicted molar refractivity (Wildman–Crippen MR) is 77.3 cm³/mol. The first-order chi connectivity index (χ1) is 8.28. The Kier molecular flexibility index (Phi) is 5.05. The van der Waals surface area contributed by atoms with Gasteiger partial charge < -0.3 is 5.32 Å². The van der Waals surface area contributed by atoms with Crippen molar-refractivity contribution in [3.63, 3.8) is 0 Å². The van der Waals surface area contributed by atoms with Crippen LogP contribution in [-0.4, -0.2) is 12.6 Å². The Morgan fingerprint density at radius 3 is 2.59 bits per heavy atom. The van der Waals surface area contributed by atoms with Crippen LogP contribution in [0.4, 0.5) is 0 Å². The highest BCUT2D eigenvalue weighted by Gasteiger charge is 2.25. The molecule has 2 rings (SSSR count). The van der Waals surface area contributed by atoms with E-state index in [1.165, 1.54) is 42.1 Å². The second-order valence-electron chi connectivity index (χ2n) is 5.16. The molecule has 1 atom stereocenters. The molecule has 2 heteroatoms. The standard InChI is InChI=1S/C15H22BrN/c1-2-9-17-15(10-12-3-4-12)11-13-5-7-14(16)8-6-13/h5-8,12,15,17H,2-4,9-11H2,1H3. The van der Waals surface area contributed by atoms with E-state index in [9.17, 15) is 0 Å².